The number of pyridine rings is 1. The van der Waals surface area contributed by atoms with Gasteiger partial charge in [0.05, 0.1) is 46.8 Å². The van der Waals surface area contributed by atoms with Crippen molar-refractivity contribution in [1.82, 2.24) is 24.6 Å². The van der Waals surface area contributed by atoms with Crippen molar-refractivity contribution < 1.29 is 22.7 Å². The number of anilines is 1. The number of carbonyl (C=O) groups excluding carboxylic acids is 1. The van der Waals surface area contributed by atoms with Crippen molar-refractivity contribution in [2.24, 2.45) is 12.5 Å². The summed E-state index contributed by atoms with van der Waals surface area (Å²) in [7, 11) is -1.54. The minimum atomic E-state index is -3.54. The number of nitrogens with zero attached hydrogens (tertiary/aromatic N) is 6. The molecule has 6 heterocycles. The Hall–Kier alpha value is -4.00. The van der Waals surface area contributed by atoms with Crippen LogP contribution < -0.4 is 4.90 Å². The fraction of sp³-hybridized carbons (Fsp3) is 0.513. The summed E-state index contributed by atoms with van der Waals surface area (Å²) in [4.78, 5) is 25.2. The molecule has 0 unspecified atom stereocenters. The van der Waals surface area contributed by atoms with E-state index >= 15 is 0 Å². The maximum Gasteiger partial charge on any atom is 0.410 e. The first-order valence-corrected chi connectivity index (χ1v) is 19.6. The first-order valence-electron chi connectivity index (χ1n) is 18.0. The van der Waals surface area contributed by atoms with Crippen LogP contribution >= 0.6 is 0 Å². The molecule has 2 aromatic carbocycles. The van der Waals surface area contributed by atoms with E-state index < -0.39 is 21.0 Å². The van der Waals surface area contributed by atoms with E-state index in [1.807, 2.05) is 49.7 Å². The maximum absolute atomic E-state index is 13.7. The second-order valence-corrected chi connectivity index (χ2v) is 18.3. The van der Waals surface area contributed by atoms with Gasteiger partial charge in [-0.2, -0.15) is 5.10 Å². The topological polar surface area (TPSA) is 110 Å². The molecule has 4 aromatic rings. The van der Waals surface area contributed by atoms with Crippen molar-refractivity contribution in [3.63, 3.8) is 0 Å². The Kier molecular flexibility index (Phi) is 8.04. The van der Waals surface area contributed by atoms with E-state index in [-0.39, 0.29) is 17.3 Å². The molecule has 3 saturated heterocycles. The lowest BCUT2D eigenvalue weighted by molar-refractivity contribution is -0.133. The van der Waals surface area contributed by atoms with Gasteiger partial charge >= 0.3 is 6.09 Å². The third kappa shape index (κ3) is 5.89. The molecule has 1 amide bonds. The molecular weight excluding hydrogens is 665 g/mol. The quantitative estimate of drug-likeness (QED) is 0.263. The first-order chi connectivity index (χ1) is 24.2. The molecule has 0 N–H and O–H groups in total. The van der Waals surface area contributed by atoms with Gasteiger partial charge in [0.2, 0.25) is 0 Å². The van der Waals surface area contributed by atoms with E-state index in [1.54, 1.807) is 24.3 Å². The zero-order valence-corrected chi connectivity index (χ0v) is 31.3. The van der Waals surface area contributed by atoms with Gasteiger partial charge in [-0.25, -0.2) is 18.2 Å². The normalized spacial score (nSPS) is 20.0. The van der Waals surface area contributed by atoms with Crippen LogP contribution in [0.5, 0.6) is 0 Å². The number of fused-ring (bicyclic) bond motifs is 2. The molecule has 12 heteroatoms. The van der Waals surface area contributed by atoms with Gasteiger partial charge in [0, 0.05) is 62.7 Å². The van der Waals surface area contributed by atoms with E-state index in [0.29, 0.717) is 44.3 Å². The Labute approximate surface area is 300 Å². The van der Waals surface area contributed by atoms with Gasteiger partial charge in [0.25, 0.3) is 0 Å². The summed E-state index contributed by atoms with van der Waals surface area (Å²) in [5.41, 5.74) is 6.89. The molecule has 4 aliphatic heterocycles. The van der Waals surface area contributed by atoms with Crippen LogP contribution in [0.2, 0.25) is 0 Å². The second-order valence-electron chi connectivity index (χ2n) is 16.3. The number of ether oxygens (including phenoxy) is 2. The Morgan fingerprint density at radius 3 is 2.43 bits per heavy atom. The highest BCUT2D eigenvalue weighted by Crippen LogP contribution is 2.46. The number of hydrogen-bond acceptors (Lipinski definition) is 9. The molecule has 51 heavy (non-hydrogen) atoms. The molecule has 0 atom stereocenters. The summed E-state index contributed by atoms with van der Waals surface area (Å²) in [6.07, 6.45) is 3.39. The number of carbonyl (C=O) groups is 1. The number of likely N-dealkylation sites (tertiary alicyclic amines) is 1. The maximum atomic E-state index is 13.7. The lowest BCUT2D eigenvalue weighted by Crippen LogP contribution is -2.66. The minimum Gasteiger partial charge on any atom is -0.444 e. The molecule has 4 aliphatic rings. The Balaban J connectivity index is 1.17. The number of aryl methyl sites for hydroxylation is 2. The Bertz CT molecular complexity index is 2130. The lowest BCUT2D eigenvalue weighted by Gasteiger charge is -2.51. The Morgan fingerprint density at radius 1 is 1.00 bits per heavy atom. The minimum absolute atomic E-state index is 0.00114. The van der Waals surface area contributed by atoms with Gasteiger partial charge in [-0.1, -0.05) is 30.3 Å². The highest BCUT2D eigenvalue weighted by atomic mass is 32.2. The van der Waals surface area contributed by atoms with Crippen molar-refractivity contribution in [1.29, 1.82) is 0 Å². The molecule has 0 radical (unpaired) electrons. The molecule has 1 spiro atoms. The van der Waals surface area contributed by atoms with Crippen LogP contribution in [-0.2, 0) is 39.3 Å². The van der Waals surface area contributed by atoms with Crippen LogP contribution in [0, 0.1) is 19.3 Å². The predicted octanol–water partition coefficient (Wildman–Crippen LogP) is 5.30. The van der Waals surface area contributed by atoms with Crippen molar-refractivity contribution in [3.8, 4) is 11.1 Å². The standard InChI is InChI=1S/C39H48N6O5S/c1-26-12-13-28-18-40-42(6)34(28)32(26)33-27(2)35(43-17-15-38(20-43)21-44(22-38)36(46)50-37(3,4)5)41-31-19-45(16-14-30(31)33)39(23-49-24-39)25-51(47,48)29-10-8-7-9-11-29/h7-13,18H,14-17,19-25H2,1-6H3. The summed E-state index contributed by atoms with van der Waals surface area (Å²) in [5, 5.41) is 5.73. The van der Waals surface area contributed by atoms with Crippen molar-refractivity contribution >= 4 is 32.7 Å². The van der Waals surface area contributed by atoms with Gasteiger partial charge in [-0.05, 0) is 81.8 Å². The van der Waals surface area contributed by atoms with Gasteiger partial charge in [0.1, 0.15) is 11.4 Å². The zero-order chi connectivity index (χ0) is 35.9. The molecule has 0 aliphatic carbocycles. The van der Waals surface area contributed by atoms with Crippen LogP contribution in [0.15, 0.2) is 53.6 Å². The predicted molar refractivity (Wildman–Crippen MR) is 197 cm³/mol. The van der Waals surface area contributed by atoms with Crippen LogP contribution in [0.1, 0.15) is 49.6 Å². The van der Waals surface area contributed by atoms with Crippen LogP contribution in [-0.4, -0.2) is 102 Å². The molecule has 0 bridgehead atoms. The van der Waals surface area contributed by atoms with E-state index in [1.165, 1.54) is 22.3 Å². The average molecular weight is 713 g/mol. The number of amides is 1. The van der Waals surface area contributed by atoms with Gasteiger partial charge < -0.3 is 19.3 Å². The molecule has 3 fully saturated rings. The number of sulfone groups is 1. The highest BCUT2D eigenvalue weighted by molar-refractivity contribution is 7.91. The third-order valence-electron chi connectivity index (χ3n) is 11.4. The Morgan fingerprint density at radius 2 is 1.75 bits per heavy atom. The van der Waals surface area contributed by atoms with E-state index in [9.17, 15) is 13.2 Å². The summed E-state index contributed by atoms with van der Waals surface area (Å²) in [5.74, 6) is 0.966. The molecule has 11 nitrogen and oxygen atoms in total. The van der Waals surface area contributed by atoms with Gasteiger partial charge in [0.15, 0.2) is 9.84 Å². The number of rotatable bonds is 6. The number of aromatic nitrogens is 3. The van der Waals surface area contributed by atoms with Crippen LogP contribution in [0.3, 0.4) is 0 Å². The largest absolute Gasteiger partial charge is 0.444 e. The third-order valence-corrected chi connectivity index (χ3v) is 13.3. The fourth-order valence-electron chi connectivity index (χ4n) is 8.76. The van der Waals surface area contributed by atoms with Crippen LogP contribution in [0.25, 0.3) is 22.0 Å². The summed E-state index contributed by atoms with van der Waals surface area (Å²) in [6.45, 7) is 15.1. The fourth-order valence-corrected chi connectivity index (χ4v) is 10.6. The zero-order valence-electron chi connectivity index (χ0n) is 30.5. The summed E-state index contributed by atoms with van der Waals surface area (Å²) in [6, 6.07) is 13.1. The lowest BCUT2D eigenvalue weighted by atomic mass is 9.79. The molecule has 270 valence electrons. The summed E-state index contributed by atoms with van der Waals surface area (Å²) >= 11 is 0. The van der Waals surface area contributed by atoms with Gasteiger partial charge in [-0.3, -0.25) is 9.58 Å². The van der Waals surface area contributed by atoms with Crippen LogP contribution in [0.4, 0.5) is 10.6 Å². The first kappa shape index (κ1) is 34.1. The van der Waals surface area contributed by atoms with Crippen molar-refractivity contribution in [2.45, 2.75) is 70.0 Å². The molecule has 2 aromatic heterocycles. The van der Waals surface area contributed by atoms with Crippen molar-refractivity contribution in [3.05, 3.63) is 71.0 Å². The van der Waals surface area contributed by atoms with E-state index in [4.69, 9.17) is 14.5 Å². The SMILES string of the molecule is Cc1ccc2cnn(C)c2c1-c1c(C)c(N2CCC3(CN(C(=O)OC(C)(C)C)C3)C2)nc2c1CCN(C1(CS(=O)(=O)c3ccccc3)COC1)C2. The number of hydrogen-bond donors (Lipinski definition) is 0. The second kappa shape index (κ2) is 12.0. The average Bonchev–Trinajstić information content (AvgIpc) is 3.66. The highest BCUT2D eigenvalue weighted by Gasteiger charge is 2.52. The molecular formula is C39H48N6O5S. The molecule has 0 saturated carbocycles. The molecule has 8 rings (SSSR count). The van der Waals surface area contributed by atoms with E-state index in [0.717, 1.165) is 53.9 Å². The van der Waals surface area contributed by atoms with Crippen molar-refractivity contribution in [2.75, 3.05) is 56.6 Å². The van der Waals surface area contributed by atoms with E-state index in [2.05, 4.69) is 40.9 Å². The monoisotopic (exact) mass is 712 g/mol. The van der Waals surface area contributed by atoms with Gasteiger partial charge in [-0.15, -0.1) is 0 Å². The number of benzene rings is 2. The smallest absolute Gasteiger partial charge is 0.410 e. The summed E-state index contributed by atoms with van der Waals surface area (Å²) < 4.78 is 40.8.